The molecule has 0 aliphatic heterocycles. The van der Waals surface area contributed by atoms with E-state index < -0.39 is 10.8 Å². The summed E-state index contributed by atoms with van der Waals surface area (Å²) in [6.07, 6.45) is 0. The number of nitro benzene ring substituents is 1. The zero-order valence-electron chi connectivity index (χ0n) is 12.0. The average Bonchev–Trinajstić information content (AvgIpc) is 2.51. The Morgan fingerprint density at radius 1 is 1.22 bits per heavy atom. The molecule has 0 saturated carbocycles. The maximum absolute atomic E-state index is 12.2. The van der Waals surface area contributed by atoms with Gasteiger partial charge in [0.15, 0.2) is 5.75 Å². The maximum atomic E-state index is 12.2. The number of non-ortho nitro benzene ring substituents is 1. The van der Waals surface area contributed by atoms with Crippen LogP contribution in [-0.2, 0) is 0 Å². The number of anilines is 1. The van der Waals surface area contributed by atoms with E-state index in [1.54, 1.807) is 6.92 Å². The number of nitrogens with zero attached hydrogens (tertiary/aromatic N) is 1. The fourth-order valence-electron chi connectivity index (χ4n) is 1.84. The first-order chi connectivity index (χ1) is 10.9. The summed E-state index contributed by atoms with van der Waals surface area (Å²) in [5.74, 6) is -0.117. The van der Waals surface area contributed by atoms with Crippen molar-refractivity contribution in [1.29, 1.82) is 0 Å². The van der Waals surface area contributed by atoms with Gasteiger partial charge in [-0.15, -0.1) is 0 Å². The lowest BCUT2D eigenvalue weighted by Gasteiger charge is -2.10. The van der Waals surface area contributed by atoms with Crippen LogP contribution in [0.25, 0.3) is 0 Å². The van der Waals surface area contributed by atoms with Gasteiger partial charge in [0, 0.05) is 23.4 Å². The largest absolute Gasteiger partial charge is 0.491 e. The molecule has 0 aliphatic rings. The second-order valence-corrected chi connectivity index (χ2v) is 5.27. The molecule has 1 amide bonds. The van der Waals surface area contributed by atoms with E-state index in [2.05, 4.69) is 5.32 Å². The molecule has 0 aromatic heterocycles. The van der Waals surface area contributed by atoms with E-state index in [-0.39, 0.29) is 21.3 Å². The second-order valence-electron chi connectivity index (χ2n) is 4.46. The van der Waals surface area contributed by atoms with Gasteiger partial charge in [-0.2, -0.15) is 0 Å². The molecule has 2 rings (SSSR count). The van der Waals surface area contributed by atoms with E-state index >= 15 is 0 Å². The molecule has 0 atom stereocenters. The molecule has 0 saturated heterocycles. The Hall–Kier alpha value is -2.31. The Bertz CT molecular complexity index is 725. The van der Waals surface area contributed by atoms with Gasteiger partial charge in [0.2, 0.25) is 0 Å². The highest BCUT2D eigenvalue weighted by atomic mass is 35.5. The van der Waals surface area contributed by atoms with Crippen molar-refractivity contribution in [2.45, 2.75) is 6.92 Å². The van der Waals surface area contributed by atoms with Crippen LogP contribution in [0.3, 0.4) is 0 Å². The zero-order valence-corrected chi connectivity index (χ0v) is 13.5. The highest BCUT2D eigenvalue weighted by Gasteiger charge is 2.14. The molecule has 120 valence electrons. The standard InChI is InChI=1S/C15H12Cl2N2O4/c1-2-23-14-12(16)7-9(8-13(14)17)15(20)18-10-3-5-11(6-4-10)19(21)22/h3-8H,2H2,1H3,(H,18,20). The van der Waals surface area contributed by atoms with Crippen LogP contribution in [-0.4, -0.2) is 17.4 Å². The van der Waals surface area contributed by atoms with Gasteiger partial charge >= 0.3 is 0 Å². The van der Waals surface area contributed by atoms with Crippen molar-refractivity contribution in [2.75, 3.05) is 11.9 Å². The number of amides is 1. The third kappa shape index (κ3) is 4.12. The molecule has 0 radical (unpaired) electrons. The monoisotopic (exact) mass is 354 g/mol. The van der Waals surface area contributed by atoms with Crippen molar-refractivity contribution in [3.8, 4) is 5.75 Å². The molecule has 6 nitrogen and oxygen atoms in total. The van der Waals surface area contributed by atoms with Crippen LogP contribution in [0.5, 0.6) is 5.75 Å². The van der Waals surface area contributed by atoms with Crippen LogP contribution in [0.4, 0.5) is 11.4 Å². The fraction of sp³-hybridized carbons (Fsp3) is 0.133. The summed E-state index contributed by atoms with van der Waals surface area (Å²) in [5, 5.41) is 13.7. The molecule has 1 N–H and O–H groups in total. The van der Waals surface area contributed by atoms with Crippen LogP contribution in [0.1, 0.15) is 17.3 Å². The van der Waals surface area contributed by atoms with Crippen molar-refractivity contribution < 1.29 is 14.5 Å². The van der Waals surface area contributed by atoms with Crippen molar-refractivity contribution in [3.05, 3.63) is 62.1 Å². The molecule has 0 bridgehead atoms. The fourth-order valence-corrected chi connectivity index (χ4v) is 2.44. The Morgan fingerprint density at radius 3 is 2.26 bits per heavy atom. The lowest BCUT2D eigenvalue weighted by atomic mass is 10.2. The minimum absolute atomic E-state index is 0.0600. The van der Waals surface area contributed by atoms with E-state index in [0.717, 1.165) is 0 Å². The Morgan fingerprint density at radius 2 is 1.78 bits per heavy atom. The number of hydrogen-bond donors (Lipinski definition) is 1. The van der Waals surface area contributed by atoms with E-state index in [0.29, 0.717) is 18.0 Å². The third-order valence-corrected chi connectivity index (χ3v) is 3.45. The van der Waals surface area contributed by atoms with Crippen molar-refractivity contribution in [3.63, 3.8) is 0 Å². The molecule has 2 aromatic carbocycles. The molecular formula is C15H12Cl2N2O4. The smallest absolute Gasteiger partial charge is 0.269 e. The van der Waals surface area contributed by atoms with Crippen LogP contribution >= 0.6 is 23.2 Å². The molecule has 8 heteroatoms. The number of nitro groups is 1. The predicted molar refractivity (Wildman–Crippen MR) is 88.7 cm³/mol. The number of rotatable bonds is 5. The van der Waals surface area contributed by atoms with Crippen molar-refractivity contribution in [2.24, 2.45) is 0 Å². The van der Waals surface area contributed by atoms with E-state index in [4.69, 9.17) is 27.9 Å². The molecule has 0 unspecified atom stereocenters. The van der Waals surface area contributed by atoms with Crippen LogP contribution in [0.15, 0.2) is 36.4 Å². The summed E-state index contributed by atoms with van der Waals surface area (Å²) < 4.78 is 5.30. The topological polar surface area (TPSA) is 81.5 Å². The lowest BCUT2D eigenvalue weighted by molar-refractivity contribution is -0.384. The molecule has 0 aliphatic carbocycles. The number of ether oxygens (including phenoxy) is 1. The predicted octanol–water partition coefficient (Wildman–Crippen LogP) is 4.55. The van der Waals surface area contributed by atoms with Gasteiger partial charge in [-0.1, -0.05) is 23.2 Å². The first-order valence-electron chi connectivity index (χ1n) is 6.60. The molecule has 0 fully saturated rings. The minimum Gasteiger partial charge on any atom is -0.491 e. The van der Waals surface area contributed by atoms with Crippen LogP contribution in [0.2, 0.25) is 10.0 Å². The van der Waals surface area contributed by atoms with Gasteiger partial charge < -0.3 is 10.1 Å². The highest BCUT2D eigenvalue weighted by molar-refractivity contribution is 6.37. The summed E-state index contributed by atoms with van der Waals surface area (Å²) in [5.41, 5.74) is 0.610. The normalized spacial score (nSPS) is 10.2. The number of carbonyl (C=O) groups is 1. The molecule has 2 aromatic rings. The third-order valence-electron chi connectivity index (χ3n) is 2.89. The average molecular weight is 355 g/mol. The lowest BCUT2D eigenvalue weighted by Crippen LogP contribution is -2.12. The van der Waals surface area contributed by atoms with E-state index in [9.17, 15) is 14.9 Å². The summed E-state index contributed by atoms with van der Waals surface area (Å²) >= 11 is 12.1. The first-order valence-corrected chi connectivity index (χ1v) is 7.35. The first kappa shape index (κ1) is 17.1. The molecular weight excluding hydrogens is 343 g/mol. The summed E-state index contributed by atoms with van der Waals surface area (Å²) in [4.78, 5) is 22.3. The van der Waals surface area contributed by atoms with E-state index in [1.165, 1.54) is 36.4 Å². The maximum Gasteiger partial charge on any atom is 0.269 e. The van der Waals surface area contributed by atoms with Gasteiger partial charge in [-0.05, 0) is 31.2 Å². The van der Waals surface area contributed by atoms with Crippen LogP contribution in [0, 0.1) is 10.1 Å². The van der Waals surface area contributed by atoms with E-state index in [1.807, 2.05) is 0 Å². The van der Waals surface area contributed by atoms with Gasteiger partial charge in [-0.3, -0.25) is 14.9 Å². The van der Waals surface area contributed by atoms with Crippen LogP contribution < -0.4 is 10.1 Å². The second kappa shape index (κ2) is 7.30. The van der Waals surface area contributed by atoms with Gasteiger partial charge in [-0.25, -0.2) is 0 Å². The molecule has 23 heavy (non-hydrogen) atoms. The van der Waals surface area contributed by atoms with Gasteiger partial charge in [0.25, 0.3) is 11.6 Å². The van der Waals surface area contributed by atoms with Crippen molar-refractivity contribution in [1.82, 2.24) is 0 Å². The van der Waals surface area contributed by atoms with Gasteiger partial charge in [0.05, 0.1) is 21.6 Å². The SMILES string of the molecule is CCOc1c(Cl)cc(C(=O)Nc2ccc([N+](=O)[O-])cc2)cc1Cl. The zero-order chi connectivity index (χ0) is 17.0. The summed E-state index contributed by atoms with van der Waals surface area (Å²) in [6, 6.07) is 8.36. The summed E-state index contributed by atoms with van der Waals surface area (Å²) in [7, 11) is 0. The Labute approximate surface area is 142 Å². The molecule has 0 spiro atoms. The number of nitrogens with one attached hydrogen (secondary N) is 1. The number of hydrogen-bond acceptors (Lipinski definition) is 4. The van der Waals surface area contributed by atoms with Crippen molar-refractivity contribution >= 4 is 40.5 Å². The summed E-state index contributed by atoms with van der Waals surface area (Å²) in [6.45, 7) is 2.19. The minimum atomic E-state index is -0.516. The number of carbonyl (C=O) groups excluding carboxylic acids is 1. The molecule has 0 heterocycles. The Balaban J connectivity index is 2.19. The number of benzene rings is 2. The highest BCUT2D eigenvalue weighted by Crippen LogP contribution is 2.34. The quantitative estimate of drug-likeness (QED) is 0.630. The Kier molecular flexibility index (Phi) is 5.41. The number of halogens is 2. The van der Waals surface area contributed by atoms with Gasteiger partial charge in [0.1, 0.15) is 0 Å².